The lowest BCUT2D eigenvalue weighted by molar-refractivity contribution is -0.137. The first-order chi connectivity index (χ1) is 17.2. The average molecular weight is 501 g/mol. The first-order valence-electron chi connectivity index (χ1n) is 12.0. The third kappa shape index (κ3) is 5.71. The van der Waals surface area contributed by atoms with Gasteiger partial charge in [-0.3, -0.25) is 15.1 Å². The fourth-order valence-electron chi connectivity index (χ4n) is 4.84. The Labute approximate surface area is 207 Å². The van der Waals surface area contributed by atoms with Crippen molar-refractivity contribution in [2.75, 3.05) is 19.6 Å². The molecular weight excluding hydrogens is 469 g/mol. The van der Waals surface area contributed by atoms with Crippen LogP contribution in [-0.2, 0) is 12.7 Å². The SMILES string of the molecule is N=C(N)C1CC(NC(=O)c2cc3ccccc3n2Cc2ccc(C(F)(F)F)cc2)CCN1CCCN. The third-order valence-corrected chi connectivity index (χ3v) is 6.72. The molecule has 2 heterocycles. The molecule has 2 atom stereocenters. The van der Waals surface area contributed by atoms with E-state index in [4.69, 9.17) is 16.9 Å². The molecule has 10 heteroatoms. The Hall–Kier alpha value is -3.37. The van der Waals surface area contributed by atoms with Gasteiger partial charge in [0.05, 0.1) is 11.6 Å². The van der Waals surface area contributed by atoms with Gasteiger partial charge in [-0.25, -0.2) is 0 Å². The number of hydrogen-bond donors (Lipinski definition) is 4. The summed E-state index contributed by atoms with van der Waals surface area (Å²) in [5, 5.41) is 12.0. The summed E-state index contributed by atoms with van der Waals surface area (Å²) < 4.78 is 40.7. The average Bonchev–Trinajstić information content (AvgIpc) is 3.21. The normalized spacial score (nSPS) is 18.9. The maximum absolute atomic E-state index is 13.4. The second-order valence-corrected chi connectivity index (χ2v) is 9.21. The van der Waals surface area contributed by atoms with E-state index in [1.54, 1.807) is 6.07 Å². The Morgan fingerprint density at radius 1 is 1.14 bits per heavy atom. The number of halogens is 3. The smallest absolute Gasteiger partial charge is 0.386 e. The van der Waals surface area contributed by atoms with E-state index in [0.717, 1.165) is 42.4 Å². The summed E-state index contributed by atoms with van der Waals surface area (Å²) in [7, 11) is 0. The first-order valence-corrected chi connectivity index (χ1v) is 12.0. The van der Waals surface area contributed by atoms with Gasteiger partial charge in [0.25, 0.3) is 5.91 Å². The topological polar surface area (TPSA) is 113 Å². The number of benzene rings is 2. The Bertz CT molecular complexity index is 1220. The van der Waals surface area contributed by atoms with E-state index < -0.39 is 11.7 Å². The van der Waals surface area contributed by atoms with Gasteiger partial charge >= 0.3 is 6.18 Å². The summed E-state index contributed by atoms with van der Waals surface area (Å²) in [6, 6.07) is 13.9. The molecule has 1 amide bonds. The molecule has 0 saturated carbocycles. The van der Waals surface area contributed by atoms with Gasteiger partial charge in [-0.2, -0.15) is 13.2 Å². The Morgan fingerprint density at radius 2 is 1.86 bits per heavy atom. The number of carbonyl (C=O) groups excluding carboxylic acids is 1. The molecule has 6 N–H and O–H groups in total. The maximum Gasteiger partial charge on any atom is 0.416 e. The summed E-state index contributed by atoms with van der Waals surface area (Å²) in [5.41, 5.74) is 12.7. The summed E-state index contributed by atoms with van der Waals surface area (Å²) in [6.07, 6.45) is -2.34. The van der Waals surface area contributed by atoms with Gasteiger partial charge < -0.3 is 21.4 Å². The summed E-state index contributed by atoms with van der Waals surface area (Å²) >= 11 is 0. The highest BCUT2D eigenvalue weighted by molar-refractivity contribution is 5.99. The number of hydrogen-bond acceptors (Lipinski definition) is 4. The predicted octanol–water partition coefficient (Wildman–Crippen LogP) is 3.56. The number of alkyl halides is 3. The number of nitrogens with two attached hydrogens (primary N) is 2. The lowest BCUT2D eigenvalue weighted by Crippen LogP contribution is -2.55. The van der Waals surface area contributed by atoms with Crippen LogP contribution in [0, 0.1) is 5.41 Å². The van der Waals surface area contributed by atoms with Gasteiger partial charge in [0.15, 0.2) is 0 Å². The van der Waals surface area contributed by atoms with Gasteiger partial charge in [-0.15, -0.1) is 0 Å². The molecule has 36 heavy (non-hydrogen) atoms. The van der Waals surface area contributed by atoms with Crippen molar-refractivity contribution in [3.05, 3.63) is 71.4 Å². The van der Waals surface area contributed by atoms with Crippen molar-refractivity contribution < 1.29 is 18.0 Å². The molecule has 0 spiro atoms. The highest BCUT2D eigenvalue weighted by Gasteiger charge is 2.32. The molecule has 1 aliphatic heterocycles. The zero-order valence-corrected chi connectivity index (χ0v) is 19.9. The fraction of sp³-hybridized carbons (Fsp3) is 0.385. The van der Waals surface area contributed by atoms with Crippen molar-refractivity contribution in [1.82, 2.24) is 14.8 Å². The predicted molar refractivity (Wildman–Crippen MR) is 134 cm³/mol. The number of rotatable bonds is 8. The van der Waals surface area contributed by atoms with E-state index in [0.29, 0.717) is 30.8 Å². The zero-order valence-electron chi connectivity index (χ0n) is 19.9. The Balaban J connectivity index is 1.55. The third-order valence-electron chi connectivity index (χ3n) is 6.72. The van der Waals surface area contributed by atoms with Crippen LogP contribution in [0.5, 0.6) is 0 Å². The molecule has 1 saturated heterocycles. The molecular formula is C26H31F3N6O. The summed E-state index contributed by atoms with van der Waals surface area (Å²) in [6.45, 7) is 2.26. The Morgan fingerprint density at radius 3 is 2.53 bits per heavy atom. The van der Waals surface area contributed by atoms with Crippen molar-refractivity contribution in [3.63, 3.8) is 0 Å². The van der Waals surface area contributed by atoms with E-state index in [2.05, 4.69) is 10.2 Å². The van der Waals surface area contributed by atoms with E-state index in [9.17, 15) is 18.0 Å². The number of fused-ring (bicyclic) bond motifs is 1. The molecule has 3 aromatic rings. The largest absolute Gasteiger partial charge is 0.416 e. The van der Waals surface area contributed by atoms with E-state index in [1.165, 1.54) is 12.1 Å². The minimum absolute atomic E-state index is 0.0717. The first kappa shape index (κ1) is 25.7. The molecule has 192 valence electrons. The fourth-order valence-corrected chi connectivity index (χ4v) is 4.84. The molecule has 7 nitrogen and oxygen atoms in total. The van der Waals surface area contributed by atoms with Crippen LogP contribution in [0.25, 0.3) is 10.9 Å². The van der Waals surface area contributed by atoms with Crippen molar-refractivity contribution in [2.24, 2.45) is 11.5 Å². The quantitative estimate of drug-likeness (QED) is 0.280. The maximum atomic E-state index is 13.4. The number of likely N-dealkylation sites (tertiary alicyclic amines) is 1. The molecule has 1 fully saturated rings. The number of amidine groups is 1. The number of nitrogens with zero attached hydrogens (tertiary/aromatic N) is 2. The molecule has 2 unspecified atom stereocenters. The number of para-hydroxylation sites is 1. The van der Waals surface area contributed by atoms with Crippen LogP contribution in [-0.4, -0.2) is 52.9 Å². The highest BCUT2D eigenvalue weighted by atomic mass is 19.4. The lowest BCUT2D eigenvalue weighted by atomic mass is 9.96. The molecule has 0 radical (unpaired) electrons. The van der Waals surface area contributed by atoms with Crippen LogP contribution in [0.15, 0.2) is 54.6 Å². The van der Waals surface area contributed by atoms with E-state index in [1.807, 2.05) is 28.8 Å². The summed E-state index contributed by atoms with van der Waals surface area (Å²) in [5.74, 6) is -0.191. The van der Waals surface area contributed by atoms with Crippen LogP contribution < -0.4 is 16.8 Å². The molecule has 0 bridgehead atoms. The zero-order chi connectivity index (χ0) is 25.9. The van der Waals surface area contributed by atoms with Crippen LogP contribution in [0.3, 0.4) is 0 Å². The molecule has 4 rings (SSSR count). The molecule has 0 aliphatic carbocycles. The van der Waals surface area contributed by atoms with Crippen molar-refractivity contribution in [1.29, 1.82) is 5.41 Å². The molecule has 2 aromatic carbocycles. The number of amides is 1. The van der Waals surface area contributed by atoms with Crippen molar-refractivity contribution in [3.8, 4) is 0 Å². The minimum Gasteiger partial charge on any atom is -0.386 e. The van der Waals surface area contributed by atoms with Crippen LogP contribution in [0.1, 0.15) is 40.9 Å². The van der Waals surface area contributed by atoms with Gasteiger partial charge in [0.2, 0.25) is 0 Å². The number of piperidine rings is 1. The number of carbonyl (C=O) groups is 1. The lowest BCUT2D eigenvalue weighted by Gasteiger charge is -2.39. The number of aromatic nitrogens is 1. The standard InChI is InChI=1S/C26H31F3N6O/c27-26(28,29)19-8-6-17(7-9-19)16-35-21-5-2-1-4-18(21)14-23(35)25(36)33-20-10-13-34(12-3-11-30)22(15-20)24(31)32/h1-2,4-9,14,20,22H,3,10-13,15-16,30H2,(H3,31,32)(H,33,36). The molecule has 1 aromatic heterocycles. The van der Waals surface area contributed by atoms with Crippen molar-refractivity contribution >= 4 is 22.6 Å². The van der Waals surface area contributed by atoms with Gasteiger partial charge in [0.1, 0.15) is 11.5 Å². The van der Waals surface area contributed by atoms with Gasteiger partial charge in [-0.05, 0) is 55.6 Å². The Kier molecular flexibility index (Phi) is 7.65. The second-order valence-electron chi connectivity index (χ2n) is 9.21. The van der Waals surface area contributed by atoms with Crippen LogP contribution in [0.2, 0.25) is 0 Å². The number of nitrogens with one attached hydrogen (secondary N) is 2. The van der Waals surface area contributed by atoms with Crippen LogP contribution in [0.4, 0.5) is 13.2 Å². The highest BCUT2D eigenvalue weighted by Crippen LogP contribution is 2.30. The minimum atomic E-state index is -4.40. The second kappa shape index (κ2) is 10.7. The van der Waals surface area contributed by atoms with Gasteiger partial charge in [0, 0.05) is 36.6 Å². The van der Waals surface area contributed by atoms with Crippen molar-refractivity contribution in [2.45, 2.75) is 44.1 Å². The summed E-state index contributed by atoms with van der Waals surface area (Å²) in [4.78, 5) is 15.6. The van der Waals surface area contributed by atoms with E-state index in [-0.39, 0.29) is 30.4 Å². The molecule has 1 aliphatic rings. The monoisotopic (exact) mass is 500 g/mol. The van der Waals surface area contributed by atoms with Gasteiger partial charge in [-0.1, -0.05) is 30.3 Å². The van der Waals surface area contributed by atoms with Crippen LogP contribution >= 0.6 is 0 Å². The van der Waals surface area contributed by atoms with E-state index >= 15 is 0 Å².